The van der Waals surface area contributed by atoms with Crippen molar-refractivity contribution < 1.29 is 9.59 Å². The fourth-order valence-electron chi connectivity index (χ4n) is 2.82. The number of hydrogen-bond donors (Lipinski definition) is 2. The predicted molar refractivity (Wildman–Crippen MR) is 111 cm³/mol. The molecule has 0 aliphatic rings. The molecule has 0 unspecified atom stereocenters. The molecule has 2 aromatic carbocycles. The van der Waals surface area contributed by atoms with Crippen molar-refractivity contribution in [2.24, 2.45) is 0 Å². The molecule has 0 saturated carbocycles. The van der Waals surface area contributed by atoms with Gasteiger partial charge in [0.15, 0.2) is 0 Å². The van der Waals surface area contributed by atoms with Crippen LogP contribution < -0.4 is 10.6 Å². The number of nitrogens with zero attached hydrogens (tertiary/aromatic N) is 1. The van der Waals surface area contributed by atoms with Crippen LogP contribution in [0.2, 0.25) is 5.02 Å². The quantitative estimate of drug-likeness (QED) is 0.668. The lowest BCUT2D eigenvalue weighted by Gasteiger charge is -2.12. The van der Waals surface area contributed by atoms with E-state index in [0.717, 1.165) is 16.7 Å². The zero-order valence-electron chi connectivity index (χ0n) is 15.6. The molecule has 0 saturated heterocycles. The third-order valence-corrected chi connectivity index (χ3v) is 4.58. The van der Waals surface area contributed by atoms with E-state index in [4.69, 9.17) is 11.6 Å². The average Bonchev–Trinajstić information content (AvgIpc) is 2.69. The number of anilines is 1. The minimum Gasteiger partial charge on any atom is -0.348 e. The summed E-state index contributed by atoms with van der Waals surface area (Å²) in [5, 5.41) is 6.18. The number of hydrogen-bond acceptors (Lipinski definition) is 3. The summed E-state index contributed by atoms with van der Waals surface area (Å²) in [6.45, 7) is 4.25. The molecule has 2 amide bonds. The van der Waals surface area contributed by atoms with Gasteiger partial charge in [-0.2, -0.15) is 0 Å². The zero-order valence-corrected chi connectivity index (χ0v) is 16.4. The minimum atomic E-state index is -0.280. The van der Waals surface area contributed by atoms with Crippen LogP contribution in [0, 0.1) is 13.8 Å². The lowest BCUT2D eigenvalue weighted by atomic mass is 10.1. The van der Waals surface area contributed by atoms with Crippen LogP contribution in [0.25, 0.3) is 0 Å². The first-order chi connectivity index (χ1) is 13.4. The third kappa shape index (κ3) is 4.75. The van der Waals surface area contributed by atoms with Gasteiger partial charge in [-0.3, -0.25) is 14.6 Å². The van der Waals surface area contributed by atoms with Crippen molar-refractivity contribution in [1.82, 2.24) is 10.3 Å². The third-order valence-electron chi connectivity index (χ3n) is 4.28. The molecule has 0 radical (unpaired) electrons. The van der Waals surface area contributed by atoms with E-state index in [2.05, 4.69) is 15.6 Å². The van der Waals surface area contributed by atoms with Gasteiger partial charge in [0, 0.05) is 30.1 Å². The number of rotatable bonds is 5. The maximum atomic E-state index is 12.5. The van der Waals surface area contributed by atoms with Gasteiger partial charge in [-0.05, 0) is 73.0 Å². The molecule has 1 heterocycles. The van der Waals surface area contributed by atoms with Crippen LogP contribution in [-0.4, -0.2) is 16.8 Å². The highest BCUT2D eigenvalue weighted by atomic mass is 35.5. The van der Waals surface area contributed by atoms with Crippen molar-refractivity contribution >= 4 is 29.1 Å². The van der Waals surface area contributed by atoms with Crippen LogP contribution >= 0.6 is 11.6 Å². The fraction of sp³-hybridized carbons (Fsp3) is 0.136. The van der Waals surface area contributed by atoms with E-state index in [1.54, 1.807) is 42.7 Å². The number of aromatic nitrogens is 1. The molecule has 0 aliphatic carbocycles. The van der Waals surface area contributed by atoms with E-state index in [0.29, 0.717) is 28.4 Å². The molecular weight excluding hydrogens is 374 g/mol. The second-order valence-corrected chi connectivity index (χ2v) is 6.92. The minimum absolute atomic E-state index is 0.207. The Balaban J connectivity index is 1.65. The molecule has 2 N–H and O–H groups in total. The highest BCUT2D eigenvalue weighted by molar-refractivity contribution is 6.34. The number of pyridine rings is 1. The van der Waals surface area contributed by atoms with Gasteiger partial charge in [0.1, 0.15) is 0 Å². The van der Waals surface area contributed by atoms with Gasteiger partial charge in [-0.15, -0.1) is 0 Å². The van der Waals surface area contributed by atoms with Crippen LogP contribution in [0.5, 0.6) is 0 Å². The molecule has 1 aromatic heterocycles. The number of benzene rings is 2. The highest BCUT2D eigenvalue weighted by Crippen LogP contribution is 2.27. The standard InChI is InChI=1S/C22H20ClN3O2/c1-14-11-15(2)20(19(23)12-14)26-22(28)18-5-3-17(4-6-18)21(27)25-13-16-7-9-24-10-8-16/h3-12H,13H2,1-2H3,(H,25,27)(H,26,28). The van der Waals surface area contributed by atoms with Crippen molar-refractivity contribution in [3.05, 3.63) is 93.8 Å². The van der Waals surface area contributed by atoms with Crippen LogP contribution in [0.1, 0.15) is 37.4 Å². The number of carbonyl (C=O) groups excluding carboxylic acids is 2. The summed E-state index contributed by atoms with van der Waals surface area (Å²) < 4.78 is 0. The van der Waals surface area contributed by atoms with Gasteiger partial charge in [0.05, 0.1) is 10.7 Å². The molecule has 3 aromatic rings. The summed E-state index contributed by atoms with van der Waals surface area (Å²) in [6.07, 6.45) is 3.35. The molecule has 3 rings (SSSR count). The molecule has 28 heavy (non-hydrogen) atoms. The topological polar surface area (TPSA) is 71.1 Å². The Morgan fingerprint density at radius 3 is 2.14 bits per heavy atom. The molecular formula is C22H20ClN3O2. The van der Waals surface area contributed by atoms with E-state index < -0.39 is 0 Å². The average molecular weight is 394 g/mol. The first kappa shape index (κ1) is 19.6. The fourth-order valence-corrected chi connectivity index (χ4v) is 3.19. The number of nitrogens with one attached hydrogen (secondary N) is 2. The van der Waals surface area contributed by atoms with Crippen molar-refractivity contribution in [2.45, 2.75) is 20.4 Å². The summed E-state index contributed by atoms with van der Waals surface area (Å²) in [4.78, 5) is 28.7. The number of aryl methyl sites for hydroxylation is 2. The maximum absolute atomic E-state index is 12.5. The molecule has 5 nitrogen and oxygen atoms in total. The molecule has 0 spiro atoms. The number of carbonyl (C=O) groups is 2. The van der Waals surface area contributed by atoms with Crippen molar-refractivity contribution in [2.75, 3.05) is 5.32 Å². The van der Waals surface area contributed by atoms with Gasteiger partial charge >= 0.3 is 0 Å². The predicted octanol–water partition coefficient (Wildman–Crippen LogP) is 4.53. The summed E-state index contributed by atoms with van der Waals surface area (Å²) in [7, 11) is 0. The first-order valence-corrected chi connectivity index (χ1v) is 9.17. The Hall–Kier alpha value is -3.18. The number of halogens is 1. The Kier molecular flexibility index (Phi) is 6.06. The van der Waals surface area contributed by atoms with Crippen LogP contribution in [-0.2, 0) is 6.54 Å². The Morgan fingerprint density at radius 2 is 1.54 bits per heavy atom. The van der Waals surface area contributed by atoms with Crippen molar-refractivity contribution in [3.63, 3.8) is 0 Å². The SMILES string of the molecule is Cc1cc(C)c(NC(=O)c2ccc(C(=O)NCc3ccncc3)cc2)c(Cl)c1. The summed E-state index contributed by atoms with van der Waals surface area (Å²) in [5.41, 5.74) is 4.41. The van der Waals surface area contributed by atoms with Crippen LogP contribution in [0.15, 0.2) is 60.9 Å². The van der Waals surface area contributed by atoms with Gasteiger partial charge in [-0.25, -0.2) is 0 Å². The summed E-state index contributed by atoms with van der Waals surface area (Å²) in [5.74, 6) is -0.487. The van der Waals surface area contributed by atoms with E-state index in [9.17, 15) is 9.59 Å². The molecule has 0 aliphatic heterocycles. The molecule has 0 fully saturated rings. The molecule has 142 valence electrons. The van der Waals surface area contributed by atoms with Gasteiger partial charge < -0.3 is 10.6 Å². The van der Waals surface area contributed by atoms with E-state index in [1.807, 2.05) is 32.0 Å². The summed E-state index contributed by atoms with van der Waals surface area (Å²) >= 11 is 6.25. The maximum Gasteiger partial charge on any atom is 0.255 e. The van der Waals surface area contributed by atoms with Gasteiger partial charge in [0.2, 0.25) is 0 Å². The Bertz CT molecular complexity index is 979. The van der Waals surface area contributed by atoms with Crippen molar-refractivity contribution in [3.8, 4) is 0 Å². The number of amides is 2. The second-order valence-electron chi connectivity index (χ2n) is 6.51. The van der Waals surface area contributed by atoms with Crippen LogP contribution in [0.4, 0.5) is 5.69 Å². The Labute approximate surface area is 168 Å². The smallest absolute Gasteiger partial charge is 0.255 e. The largest absolute Gasteiger partial charge is 0.348 e. The lowest BCUT2D eigenvalue weighted by Crippen LogP contribution is -2.23. The Morgan fingerprint density at radius 1 is 0.929 bits per heavy atom. The highest BCUT2D eigenvalue weighted by Gasteiger charge is 2.12. The van der Waals surface area contributed by atoms with Crippen LogP contribution in [0.3, 0.4) is 0 Å². The van der Waals surface area contributed by atoms with E-state index >= 15 is 0 Å². The monoisotopic (exact) mass is 393 g/mol. The van der Waals surface area contributed by atoms with Gasteiger partial charge in [-0.1, -0.05) is 17.7 Å². The van der Waals surface area contributed by atoms with Crippen molar-refractivity contribution in [1.29, 1.82) is 0 Å². The second kappa shape index (κ2) is 8.67. The van der Waals surface area contributed by atoms with E-state index in [-0.39, 0.29) is 11.8 Å². The molecule has 6 heteroatoms. The van der Waals surface area contributed by atoms with Gasteiger partial charge in [0.25, 0.3) is 11.8 Å². The lowest BCUT2D eigenvalue weighted by molar-refractivity contribution is 0.0949. The normalized spacial score (nSPS) is 10.4. The first-order valence-electron chi connectivity index (χ1n) is 8.79. The summed E-state index contributed by atoms with van der Waals surface area (Å²) in [6, 6.07) is 13.9. The van der Waals surface area contributed by atoms with E-state index in [1.165, 1.54) is 0 Å². The molecule has 0 bridgehead atoms. The molecule has 0 atom stereocenters. The zero-order chi connectivity index (χ0) is 20.1.